The maximum atomic E-state index is 13.0. The molecule has 1 fully saturated rings. The van der Waals surface area contributed by atoms with Gasteiger partial charge in [0.2, 0.25) is 0 Å². The number of morpholine rings is 1. The first-order valence-corrected chi connectivity index (χ1v) is 10.3. The van der Waals surface area contributed by atoms with Gasteiger partial charge in [-0.3, -0.25) is 9.69 Å². The summed E-state index contributed by atoms with van der Waals surface area (Å²) in [5, 5.41) is 2.93. The van der Waals surface area contributed by atoms with Crippen LogP contribution in [-0.2, 0) is 17.9 Å². The van der Waals surface area contributed by atoms with Crippen molar-refractivity contribution >= 4 is 11.6 Å². The monoisotopic (exact) mass is 420 g/mol. The molecule has 5 nitrogen and oxygen atoms in total. The number of nitrogens with zero attached hydrogens (tertiary/aromatic N) is 1. The van der Waals surface area contributed by atoms with E-state index in [9.17, 15) is 9.18 Å². The lowest BCUT2D eigenvalue weighted by Crippen LogP contribution is -2.35. The van der Waals surface area contributed by atoms with E-state index < -0.39 is 0 Å². The molecule has 31 heavy (non-hydrogen) atoms. The average Bonchev–Trinajstić information content (AvgIpc) is 2.80. The Kier molecular flexibility index (Phi) is 6.92. The minimum Gasteiger partial charge on any atom is -0.489 e. The molecule has 0 aromatic heterocycles. The van der Waals surface area contributed by atoms with Gasteiger partial charge in [0.25, 0.3) is 5.91 Å². The average molecular weight is 420 g/mol. The number of ether oxygens (including phenoxy) is 2. The lowest BCUT2D eigenvalue weighted by molar-refractivity contribution is 0.0342. The third-order valence-corrected chi connectivity index (χ3v) is 5.11. The summed E-state index contributed by atoms with van der Waals surface area (Å²) in [6.07, 6.45) is 0. The third kappa shape index (κ3) is 6.13. The Bertz CT molecular complexity index is 1020. The molecule has 1 heterocycles. The van der Waals surface area contributed by atoms with Crippen LogP contribution in [0.5, 0.6) is 5.75 Å². The number of benzene rings is 3. The number of carbonyl (C=O) groups excluding carboxylic acids is 1. The summed E-state index contributed by atoms with van der Waals surface area (Å²) in [5.41, 5.74) is 3.24. The topological polar surface area (TPSA) is 50.8 Å². The first-order chi connectivity index (χ1) is 15.2. The number of hydrogen-bond acceptors (Lipinski definition) is 4. The number of nitrogens with one attached hydrogen (secondary N) is 1. The van der Waals surface area contributed by atoms with E-state index in [1.165, 1.54) is 12.1 Å². The van der Waals surface area contributed by atoms with Crippen molar-refractivity contribution in [1.29, 1.82) is 0 Å². The van der Waals surface area contributed by atoms with Crippen molar-refractivity contribution in [2.75, 3.05) is 31.6 Å². The van der Waals surface area contributed by atoms with Gasteiger partial charge in [-0.05, 0) is 47.5 Å². The number of anilines is 1. The van der Waals surface area contributed by atoms with Gasteiger partial charge in [0.1, 0.15) is 18.2 Å². The summed E-state index contributed by atoms with van der Waals surface area (Å²) in [7, 11) is 0. The second-order valence-corrected chi connectivity index (χ2v) is 7.49. The van der Waals surface area contributed by atoms with E-state index in [0.717, 1.165) is 44.0 Å². The van der Waals surface area contributed by atoms with Crippen LogP contribution in [0.15, 0.2) is 72.8 Å². The van der Waals surface area contributed by atoms with Crippen molar-refractivity contribution < 1.29 is 18.7 Å². The third-order valence-electron chi connectivity index (χ3n) is 5.11. The maximum absolute atomic E-state index is 13.0. The number of amides is 1. The van der Waals surface area contributed by atoms with E-state index in [1.807, 2.05) is 42.5 Å². The highest BCUT2D eigenvalue weighted by Gasteiger charge is 2.12. The van der Waals surface area contributed by atoms with E-state index in [-0.39, 0.29) is 11.7 Å². The molecular formula is C25H25FN2O3. The quantitative estimate of drug-likeness (QED) is 0.612. The number of hydrogen-bond donors (Lipinski definition) is 1. The van der Waals surface area contributed by atoms with Crippen LogP contribution in [0.25, 0.3) is 0 Å². The van der Waals surface area contributed by atoms with Crippen LogP contribution in [0, 0.1) is 5.82 Å². The summed E-state index contributed by atoms with van der Waals surface area (Å²) in [4.78, 5) is 15.1. The molecule has 3 aromatic carbocycles. The molecule has 0 atom stereocenters. The second kappa shape index (κ2) is 10.2. The van der Waals surface area contributed by atoms with E-state index in [4.69, 9.17) is 9.47 Å². The van der Waals surface area contributed by atoms with Crippen LogP contribution < -0.4 is 10.1 Å². The second-order valence-electron chi connectivity index (χ2n) is 7.49. The largest absolute Gasteiger partial charge is 0.489 e. The van der Waals surface area contributed by atoms with Crippen LogP contribution in [0.4, 0.5) is 10.1 Å². The summed E-state index contributed by atoms with van der Waals surface area (Å²) >= 11 is 0. The molecule has 0 unspecified atom stereocenters. The Morgan fingerprint density at radius 2 is 1.74 bits per heavy atom. The maximum Gasteiger partial charge on any atom is 0.255 e. The smallest absolute Gasteiger partial charge is 0.255 e. The summed E-state index contributed by atoms with van der Waals surface area (Å²) in [5.74, 6) is 0.185. The normalized spacial score (nSPS) is 14.2. The molecule has 1 N–H and O–H groups in total. The molecular weight excluding hydrogens is 395 g/mol. The number of carbonyl (C=O) groups is 1. The summed E-state index contributed by atoms with van der Waals surface area (Å²) < 4.78 is 24.2. The highest BCUT2D eigenvalue weighted by molar-refractivity contribution is 6.04. The zero-order chi connectivity index (χ0) is 21.5. The van der Waals surface area contributed by atoms with Gasteiger partial charge in [0.15, 0.2) is 0 Å². The van der Waals surface area contributed by atoms with Crippen LogP contribution in [0.1, 0.15) is 21.5 Å². The van der Waals surface area contributed by atoms with Crippen molar-refractivity contribution in [1.82, 2.24) is 4.90 Å². The van der Waals surface area contributed by atoms with E-state index in [0.29, 0.717) is 23.6 Å². The van der Waals surface area contributed by atoms with E-state index in [2.05, 4.69) is 10.2 Å². The highest BCUT2D eigenvalue weighted by atomic mass is 19.1. The van der Waals surface area contributed by atoms with Crippen LogP contribution in [-0.4, -0.2) is 37.1 Å². The fourth-order valence-electron chi connectivity index (χ4n) is 3.44. The van der Waals surface area contributed by atoms with Crippen LogP contribution in [0.2, 0.25) is 0 Å². The zero-order valence-electron chi connectivity index (χ0n) is 17.2. The highest BCUT2D eigenvalue weighted by Crippen LogP contribution is 2.20. The molecule has 0 radical (unpaired) electrons. The van der Waals surface area contributed by atoms with Gasteiger partial charge in [0, 0.05) is 37.0 Å². The molecule has 0 bridgehead atoms. The summed E-state index contributed by atoms with van der Waals surface area (Å²) in [6.45, 7) is 4.43. The minimum absolute atomic E-state index is 0.167. The van der Waals surface area contributed by atoms with Crippen LogP contribution >= 0.6 is 0 Å². The Labute approximate surface area is 181 Å². The number of halogens is 1. The molecule has 1 aliphatic rings. The van der Waals surface area contributed by atoms with Gasteiger partial charge in [-0.2, -0.15) is 0 Å². The Balaban J connectivity index is 1.36. The van der Waals surface area contributed by atoms with Gasteiger partial charge in [-0.25, -0.2) is 4.39 Å². The van der Waals surface area contributed by atoms with Crippen molar-refractivity contribution in [3.8, 4) is 5.75 Å². The standard InChI is InChI=1S/C25H25FN2O3/c26-22-9-7-19(8-10-22)18-31-24-6-2-5-23(16-24)27-25(29)21-4-1-3-20(15-21)17-28-11-13-30-14-12-28/h1-10,15-16H,11-14,17-18H2,(H,27,29). The van der Waals surface area contributed by atoms with Crippen LogP contribution in [0.3, 0.4) is 0 Å². The molecule has 0 aliphatic carbocycles. The molecule has 160 valence electrons. The van der Waals surface area contributed by atoms with Crippen molar-refractivity contribution in [3.63, 3.8) is 0 Å². The Hall–Kier alpha value is -3.22. The molecule has 1 amide bonds. The molecule has 3 aromatic rings. The molecule has 0 spiro atoms. The fourth-order valence-corrected chi connectivity index (χ4v) is 3.44. The van der Waals surface area contributed by atoms with Gasteiger partial charge < -0.3 is 14.8 Å². The van der Waals surface area contributed by atoms with Gasteiger partial charge in [0.05, 0.1) is 13.2 Å². The zero-order valence-corrected chi connectivity index (χ0v) is 17.2. The first-order valence-electron chi connectivity index (χ1n) is 10.3. The van der Waals surface area contributed by atoms with E-state index >= 15 is 0 Å². The Morgan fingerprint density at radius 1 is 0.968 bits per heavy atom. The summed E-state index contributed by atoms with van der Waals surface area (Å²) in [6, 6.07) is 21.1. The minimum atomic E-state index is -0.275. The molecule has 4 rings (SSSR count). The lowest BCUT2D eigenvalue weighted by atomic mass is 10.1. The van der Waals surface area contributed by atoms with Crippen molar-refractivity contribution in [2.45, 2.75) is 13.2 Å². The van der Waals surface area contributed by atoms with Gasteiger partial charge in [-0.15, -0.1) is 0 Å². The van der Waals surface area contributed by atoms with Gasteiger partial charge in [-0.1, -0.05) is 30.3 Å². The predicted octanol–water partition coefficient (Wildman–Crippen LogP) is 4.49. The predicted molar refractivity (Wildman–Crippen MR) is 118 cm³/mol. The molecule has 0 saturated carbocycles. The SMILES string of the molecule is O=C(Nc1cccc(OCc2ccc(F)cc2)c1)c1cccc(CN2CCOCC2)c1. The Morgan fingerprint density at radius 3 is 2.55 bits per heavy atom. The molecule has 1 saturated heterocycles. The lowest BCUT2D eigenvalue weighted by Gasteiger charge is -2.26. The van der Waals surface area contributed by atoms with Gasteiger partial charge >= 0.3 is 0 Å². The molecule has 1 aliphatic heterocycles. The van der Waals surface area contributed by atoms with Crippen molar-refractivity contribution in [3.05, 3.63) is 95.3 Å². The number of rotatable bonds is 7. The molecule has 6 heteroatoms. The first kappa shape index (κ1) is 21.0. The van der Waals surface area contributed by atoms with E-state index in [1.54, 1.807) is 18.2 Å². The van der Waals surface area contributed by atoms with Crippen molar-refractivity contribution in [2.24, 2.45) is 0 Å². The fraction of sp³-hybridized carbons (Fsp3) is 0.240.